The molecule has 0 aromatic carbocycles. The third kappa shape index (κ3) is 1.13. The van der Waals surface area contributed by atoms with Crippen LogP contribution in [0, 0.1) is 0 Å². The van der Waals surface area contributed by atoms with E-state index in [9.17, 15) is 0 Å². The first kappa shape index (κ1) is 7.39. The summed E-state index contributed by atoms with van der Waals surface area (Å²) in [5.74, 6) is 1.30. The summed E-state index contributed by atoms with van der Waals surface area (Å²) >= 11 is 2.31. The van der Waals surface area contributed by atoms with Crippen molar-refractivity contribution in [3.63, 3.8) is 0 Å². The minimum atomic E-state index is 1.16. The summed E-state index contributed by atoms with van der Waals surface area (Å²) in [6, 6.07) is 0. The molecule has 0 radical (unpaired) electrons. The number of nitrogens with zero attached hydrogens (tertiary/aromatic N) is 3. The number of hydrogen-bond donors (Lipinski definition) is 0. The molecule has 0 atom stereocenters. The van der Waals surface area contributed by atoms with Crippen LogP contribution < -0.4 is 9.47 Å². The zero-order valence-electron chi connectivity index (χ0n) is 6.50. The van der Waals surface area contributed by atoms with Crippen molar-refractivity contribution in [2.75, 3.05) is 18.5 Å². The Morgan fingerprint density at radius 1 is 1.64 bits per heavy atom. The molecule has 0 N–H and O–H groups in total. The van der Waals surface area contributed by atoms with Gasteiger partial charge in [-0.05, 0) is 0 Å². The molecule has 11 heavy (non-hydrogen) atoms. The van der Waals surface area contributed by atoms with E-state index in [0.29, 0.717) is 0 Å². The Kier molecular flexibility index (Phi) is 1.78. The molecule has 0 aliphatic carbocycles. The zero-order chi connectivity index (χ0) is 7.84. The molecule has 3 nitrogen and oxygen atoms in total. The van der Waals surface area contributed by atoms with Crippen molar-refractivity contribution in [1.82, 2.24) is 2.78 Å². The van der Waals surface area contributed by atoms with Crippen LogP contribution in [-0.4, -0.2) is 16.4 Å². The summed E-state index contributed by atoms with van der Waals surface area (Å²) in [4.78, 5) is 2.29. The fourth-order valence-electron chi connectivity index (χ4n) is 1.53. The van der Waals surface area contributed by atoms with E-state index in [1.807, 2.05) is 0 Å². The molecule has 60 valence electrons. The number of halogens is 1. The number of fused-ring (bicyclic) bond motifs is 1. The van der Waals surface area contributed by atoms with Crippen molar-refractivity contribution < 1.29 is 4.57 Å². The van der Waals surface area contributed by atoms with Crippen molar-refractivity contribution in [2.24, 2.45) is 0 Å². The average molecular weight is 264 g/mol. The third-order valence-corrected chi connectivity index (χ3v) is 2.81. The van der Waals surface area contributed by atoms with E-state index >= 15 is 0 Å². The van der Waals surface area contributed by atoms with Crippen LogP contribution in [0.3, 0.4) is 0 Å². The van der Waals surface area contributed by atoms with Crippen LogP contribution in [-0.2, 0) is 6.54 Å². The maximum atomic E-state index is 2.31. The molecule has 0 amide bonds. The quantitative estimate of drug-likeness (QED) is 0.499. The van der Waals surface area contributed by atoms with Gasteiger partial charge >= 0.3 is 5.95 Å². The van der Waals surface area contributed by atoms with Crippen molar-refractivity contribution in [3.8, 4) is 0 Å². The fraction of sp³-hybridized carbons (Fsp3) is 0.571. The second-order valence-electron chi connectivity index (χ2n) is 2.88. The van der Waals surface area contributed by atoms with Gasteiger partial charge in [-0.3, -0.25) is 4.90 Å². The summed E-state index contributed by atoms with van der Waals surface area (Å²) in [5.41, 5.74) is 0. The maximum Gasteiger partial charge on any atom is 0.368 e. The second kappa shape index (κ2) is 2.66. The van der Waals surface area contributed by atoms with E-state index in [1.54, 1.807) is 0 Å². The van der Waals surface area contributed by atoms with Crippen LogP contribution in [0.15, 0.2) is 12.4 Å². The van der Waals surface area contributed by atoms with E-state index in [4.69, 9.17) is 0 Å². The molecule has 1 aliphatic rings. The molecule has 1 aliphatic heterocycles. The first-order valence-electron chi connectivity index (χ1n) is 3.77. The molecular weight excluding hydrogens is 253 g/mol. The highest BCUT2D eigenvalue weighted by atomic mass is 127. The maximum absolute atomic E-state index is 2.31. The number of imidazole rings is 1. The highest BCUT2D eigenvalue weighted by Crippen LogP contribution is 2.14. The molecule has 0 saturated carbocycles. The first-order valence-corrected chi connectivity index (χ1v) is 4.73. The molecule has 0 spiro atoms. The van der Waals surface area contributed by atoms with Gasteiger partial charge in [0.25, 0.3) is 0 Å². The minimum absolute atomic E-state index is 1.16. The summed E-state index contributed by atoms with van der Waals surface area (Å²) in [7, 11) is 2.14. The van der Waals surface area contributed by atoms with Gasteiger partial charge in [-0.2, -0.15) is 2.78 Å². The highest BCUT2D eigenvalue weighted by molar-refractivity contribution is 14.1. The summed E-state index contributed by atoms with van der Waals surface area (Å²) in [5, 5.41) is 0. The van der Waals surface area contributed by atoms with Crippen LogP contribution in [0.5, 0.6) is 0 Å². The lowest BCUT2D eigenvalue weighted by Gasteiger charge is -2.18. The van der Waals surface area contributed by atoms with Crippen LogP contribution in [0.1, 0.15) is 6.42 Å². The molecule has 1 aromatic rings. The van der Waals surface area contributed by atoms with Crippen molar-refractivity contribution in [2.45, 2.75) is 13.0 Å². The first-order chi connectivity index (χ1) is 5.29. The summed E-state index contributed by atoms with van der Waals surface area (Å²) in [6.07, 6.45) is 5.49. The number of aryl methyl sites for hydroxylation is 1. The monoisotopic (exact) mass is 264 g/mol. The Morgan fingerprint density at radius 3 is 3.18 bits per heavy atom. The fourth-order valence-corrected chi connectivity index (χ4v) is 2.32. The second-order valence-corrected chi connectivity index (χ2v) is 3.92. The molecule has 2 rings (SSSR count). The van der Waals surface area contributed by atoms with Gasteiger partial charge in [-0.25, -0.2) is 4.57 Å². The Morgan fingerprint density at radius 2 is 2.45 bits per heavy atom. The van der Waals surface area contributed by atoms with Gasteiger partial charge in [-0.15, -0.1) is 0 Å². The zero-order valence-corrected chi connectivity index (χ0v) is 8.65. The van der Waals surface area contributed by atoms with Gasteiger partial charge in [0.15, 0.2) is 22.9 Å². The molecular formula is C7H11IN3+. The minimum Gasteiger partial charge on any atom is -0.266 e. The van der Waals surface area contributed by atoms with Crippen molar-refractivity contribution in [1.29, 1.82) is 0 Å². The van der Waals surface area contributed by atoms with Gasteiger partial charge in [0, 0.05) is 6.42 Å². The van der Waals surface area contributed by atoms with Gasteiger partial charge in [0.2, 0.25) is 0 Å². The molecule has 0 bridgehead atoms. The standard InChI is InChI=1S/C7H11IN3/c1-9-3-2-4-10-5-6-11(8)7(9)10/h5-6H,2-4H2,1H3/q+1. The van der Waals surface area contributed by atoms with Crippen LogP contribution >= 0.6 is 22.9 Å². The Hall–Kier alpha value is -0.260. The Labute approximate surface area is 80.1 Å². The number of anilines is 1. The molecule has 0 saturated heterocycles. The van der Waals surface area contributed by atoms with Crippen molar-refractivity contribution in [3.05, 3.63) is 12.4 Å². The largest absolute Gasteiger partial charge is 0.368 e. The number of hydrogen-bond acceptors (Lipinski definition) is 1. The lowest BCUT2D eigenvalue weighted by atomic mass is 10.3. The SMILES string of the molecule is CN1CCC[n+]2ccn(I)c21. The van der Waals surface area contributed by atoms with E-state index in [1.165, 1.54) is 18.9 Å². The predicted octanol–water partition coefficient (Wildman–Crippen LogP) is 0.814. The van der Waals surface area contributed by atoms with Gasteiger partial charge < -0.3 is 0 Å². The number of rotatable bonds is 0. The van der Waals surface area contributed by atoms with E-state index < -0.39 is 0 Å². The molecule has 0 unspecified atom stereocenters. The molecule has 0 fully saturated rings. The average Bonchev–Trinajstić information content (AvgIpc) is 2.34. The number of aromatic nitrogens is 2. The lowest BCUT2D eigenvalue weighted by molar-refractivity contribution is -0.687. The van der Waals surface area contributed by atoms with Crippen LogP contribution in [0.25, 0.3) is 0 Å². The molecule has 1 aromatic heterocycles. The van der Waals surface area contributed by atoms with Gasteiger partial charge in [-0.1, -0.05) is 0 Å². The van der Waals surface area contributed by atoms with Crippen LogP contribution in [0.2, 0.25) is 0 Å². The van der Waals surface area contributed by atoms with Crippen molar-refractivity contribution >= 4 is 28.8 Å². The normalized spacial score (nSPS) is 16.7. The molecule has 4 heteroatoms. The molecule has 2 heterocycles. The smallest absolute Gasteiger partial charge is 0.266 e. The summed E-state index contributed by atoms with van der Waals surface area (Å²) < 4.78 is 4.42. The Balaban J connectivity index is 2.48. The van der Waals surface area contributed by atoms with Crippen LogP contribution in [0.4, 0.5) is 5.95 Å². The van der Waals surface area contributed by atoms with E-state index in [-0.39, 0.29) is 0 Å². The van der Waals surface area contributed by atoms with E-state index in [2.05, 4.69) is 54.6 Å². The highest BCUT2D eigenvalue weighted by Gasteiger charge is 2.23. The van der Waals surface area contributed by atoms with Gasteiger partial charge in [0.1, 0.15) is 6.20 Å². The summed E-state index contributed by atoms with van der Waals surface area (Å²) in [6.45, 7) is 2.34. The predicted molar refractivity (Wildman–Crippen MR) is 51.9 cm³/mol. The lowest BCUT2D eigenvalue weighted by Crippen LogP contribution is -2.45. The van der Waals surface area contributed by atoms with Gasteiger partial charge in [0.05, 0.1) is 26.3 Å². The van der Waals surface area contributed by atoms with E-state index in [0.717, 1.165) is 6.54 Å². The Bertz CT molecular complexity index is 269. The third-order valence-electron chi connectivity index (χ3n) is 2.06. The topological polar surface area (TPSA) is 12.1 Å².